The number of likely N-dealkylation sites (tertiary alicyclic amines) is 2. The van der Waals surface area contributed by atoms with Gasteiger partial charge < -0.3 is 15.5 Å². The van der Waals surface area contributed by atoms with Crippen molar-refractivity contribution >= 4 is 41.7 Å². The monoisotopic (exact) mass is 495 g/mol. The Morgan fingerprint density at radius 1 is 1.08 bits per heavy atom. The van der Waals surface area contributed by atoms with Crippen molar-refractivity contribution in [1.29, 1.82) is 0 Å². The highest BCUT2D eigenvalue weighted by Crippen LogP contribution is 2.31. The molecule has 3 aliphatic rings. The van der Waals surface area contributed by atoms with Crippen LogP contribution in [-0.2, 0) is 0 Å². The fraction of sp³-hybridized carbons (Fsp3) is 0.947. The number of thioether (sulfide) groups is 1. The number of halogens is 1. The lowest BCUT2D eigenvalue weighted by molar-refractivity contribution is 0.0173. The van der Waals surface area contributed by atoms with Gasteiger partial charge in [0.05, 0.1) is 0 Å². The number of guanidine groups is 1. The van der Waals surface area contributed by atoms with E-state index in [-0.39, 0.29) is 24.0 Å². The second-order valence-corrected chi connectivity index (χ2v) is 9.43. The number of hydrogen-bond acceptors (Lipinski definition) is 4. The summed E-state index contributed by atoms with van der Waals surface area (Å²) in [4.78, 5) is 9.75. The molecule has 26 heavy (non-hydrogen) atoms. The zero-order valence-corrected chi connectivity index (χ0v) is 19.8. The molecule has 3 rings (SSSR count). The fourth-order valence-electron chi connectivity index (χ4n) is 4.49. The van der Waals surface area contributed by atoms with E-state index in [1.807, 2.05) is 7.05 Å². The number of aliphatic imine (C=N–C) groups is 1. The second kappa shape index (κ2) is 11.3. The zero-order valence-electron chi connectivity index (χ0n) is 16.6. The van der Waals surface area contributed by atoms with Gasteiger partial charge in [-0.05, 0) is 77.5 Å². The van der Waals surface area contributed by atoms with Gasteiger partial charge in [-0.1, -0.05) is 6.42 Å². The van der Waals surface area contributed by atoms with E-state index in [1.54, 1.807) is 0 Å². The molecule has 0 spiro atoms. The summed E-state index contributed by atoms with van der Waals surface area (Å²) in [6.45, 7) is 7.04. The SMILES string of the molecule is CN=C(NCC1CCCS1)NCC1(N2CCCCC2)CCN(C)CC1.I. The standard InChI is InChI=1S/C19H37N5S.HI/c1-20-18(21-15-17-7-6-14-25-17)22-16-19(8-12-23(2)13-9-19)24-10-4-3-5-11-24;/h17H,3-16H2,1-2H3,(H2,20,21,22);1H. The van der Waals surface area contributed by atoms with Gasteiger partial charge in [-0.25, -0.2) is 0 Å². The lowest BCUT2D eigenvalue weighted by Crippen LogP contribution is -2.62. The molecule has 1 atom stereocenters. The molecular formula is C19H38IN5S. The fourth-order valence-corrected chi connectivity index (χ4v) is 5.69. The molecular weight excluding hydrogens is 457 g/mol. The minimum atomic E-state index is 0. The average Bonchev–Trinajstić information content (AvgIpc) is 3.18. The largest absolute Gasteiger partial charge is 0.355 e. The van der Waals surface area contributed by atoms with Crippen molar-refractivity contribution in [2.75, 3.05) is 59.1 Å². The number of nitrogens with zero attached hydrogens (tertiary/aromatic N) is 3. The maximum absolute atomic E-state index is 4.48. The number of nitrogens with one attached hydrogen (secondary N) is 2. The molecule has 0 aromatic carbocycles. The van der Waals surface area contributed by atoms with Crippen LogP contribution in [0.1, 0.15) is 44.9 Å². The van der Waals surface area contributed by atoms with Crippen molar-refractivity contribution in [3.05, 3.63) is 0 Å². The third-order valence-corrected chi connectivity index (χ3v) is 7.67. The van der Waals surface area contributed by atoms with Crippen molar-refractivity contribution in [2.24, 2.45) is 4.99 Å². The van der Waals surface area contributed by atoms with Crippen LogP contribution < -0.4 is 10.6 Å². The molecule has 0 aliphatic carbocycles. The van der Waals surface area contributed by atoms with E-state index >= 15 is 0 Å². The molecule has 0 aromatic rings. The normalized spacial score (nSPS) is 27.8. The number of hydrogen-bond donors (Lipinski definition) is 2. The maximum Gasteiger partial charge on any atom is 0.191 e. The summed E-state index contributed by atoms with van der Waals surface area (Å²) in [7, 11) is 4.16. The molecule has 3 saturated heterocycles. The van der Waals surface area contributed by atoms with Crippen LogP contribution in [0.25, 0.3) is 0 Å². The van der Waals surface area contributed by atoms with Crippen LogP contribution in [0.3, 0.4) is 0 Å². The van der Waals surface area contributed by atoms with E-state index in [0.29, 0.717) is 5.54 Å². The Labute approximate surface area is 181 Å². The summed E-state index contributed by atoms with van der Waals surface area (Å²) in [5.41, 5.74) is 0.312. The Balaban J connectivity index is 0.00000243. The van der Waals surface area contributed by atoms with E-state index in [0.717, 1.165) is 24.3 Å². The van der Waals surface area contributed by atoms with Gasteiger partial charge in [-0.3, -0.25) is 9.89 Å². The lowest BCUT2D eigenvalue weighted by Gasteiger charge is -2.50. The van der Waals surface area contributed by atoms with Crippen molar-refractivity contribution in [3.8, 4) is 0 Å². The first-order valence-corrected chi connectivity index (χ1v) is 11.3. The minimum absolute atomic E-state index is 0. The van der Waals surface area contributed by atoms with Crippen LogP contribution in [0.5, 0.6) is 0 Å². The van der Waals surface area contributed by atoms with E-state index in [2.05, 4.69) is 44.2 Å². The third-order valence-electron chi connectivity index (χ3n) is 6.27. The predicted octanol–water partition coefficient (Wildman–Crippen LogP) is 2.62. The molecule has 3 heterocycles. The number of rotatable bonds is 5. The van der Waals surface area contributed by atoms with Crippen molar-refractivity contribution in [1.82, 2.24) is 20.4 Å². The summed E-state index contributed by atoms with van der Waals surface area (Å²) < 4.78 is 0. The molecule has 3 fully saturated rings. The van der Waals surface area contributed by atoms with Crippen molar-refractivity contribution in [3.63, 3.8) is 0 Å². The Bertz CT molecular complexity index is 428. The smallest absolute Gasteiger partial charge is 0.191 e. The Morgan fingerprint density at radius 2 is 1.81 bits per heavy atom. The quantitative estimate of drug-likeness (QED) is 0.349. The third kappa shape index (κ3) is 6.14. The summed E-state index contributed by atoms with van der Waals surface area (Å²) in [6, 6.07) is 0. The van der Waals surface area contributed by atoms with Crippen molar-refractivity contribution < 1.29 is 0 Å². The first kappa shape index (κ1) is 22.6. The molecule has 0 saturated carbocycles. The van der Waals surface area contributed by atoms with E-state index in [9.17, 15) is 0 Å². The topological polar surface area (TPSA) is 42.9 Å². The highest BCUT2D eigenvalue weighted by atomic mass is 127. The molecule has 1 unspecified atom stereocenters. The van der Waals surface area contributed by atoms with Crippen LogP contribution in [0.4, 0.5) is 0 Å². The van der Waals surface area contributed by atoms with Gasteiger partial charge in [0.15, 0.2) is 5.96 Å². The Hall–Kier alpha value is 0.270. The Kier molecular flexibility index (Phi) is 9.82. The van der Waals surface area contributed by atoms with Crippen LogP contribution in [-0.4, -0.2) is 85.7 Å². The lowest BCUT2D eigenvalue weighted by atomic mass is 9.84. The van der Waals surface area contributed by atoms with Gasteiger partial charge in [0.1, 0.15) is 0 Å². The summed E-state index contributed by atoms with van der Waals surface area (Å²) >= 11 is 2.10. The predicted molar refractivity (Wildman–Crippen MR) is 125 cm³/mol. The van der Waals surface area contributed by atoms with Gasteiger partial charge >= 0.3 is 0 Å². The molecule has 0 radical (unpaired) electrons. The molecule has 0 amide bonds. The molecule has 7 heteroatoms. The highest BCUT2D eigenvalue weighted by molar-refractivity contribution is 14.0. The van der Waals surface area contributed by atoms with Crippen LogP contribution in [0.15, 0.2) is 4.99 Å². The summed E-state index contributed by atoms with van der Waals surface area (Å²) in [5.74, 6) is 2.31. The van der Waals surface area contributed by atoms with Gasteiger partial charge in [0.2, 0.25) is 0 Å². The van der Waals surface area contributed by atoms with Crippen LogP contribution >= 0.6 is 35.7 Å². The van der Waals surface area contributed by atoms with Crippen LogP contribution in [0.2, 0.25) is 0 Å². The molecule has 152 valence electrons. The molecule has 0 aromatic heterocycles. The van der Waals surface area contributed by atoms with E-state index in [4.69, 9.17) is 0 Å². The van der Waals surface area contributed by atoms with Gasteiger partial charge in [-0.2, -0.15) is 11.8 Å². The van der Waals surface area contributed by atoms with E-state index < -0.39 is 0 Å². The zero-order chi connectivity index (χ0) is 17.5. The number of piperidine rings is 2. The van der Waals surface area contributed by atoms with E-state index in [1.165, 1.54) is 76.9 Å². The second-order valence-electron chi connectivity index (χ2n) is 8.02. The first-order valence-electron chi connectivity index (χ1n) is 10.2. The molecule has 3 aliphatic heterocycles. The van der Waals surface area contributed by atoms with Crippen molar-refractivity contribution in [2.45, 2.75) is 55.7 Å². The molecule has 2 N–H and O–H groups in total. The first-order chi connectivity index (χ1) is 12.2. The summed E-state index contributed by atoms with van der Waals surface area (Å²) in [5, 5.41) is 8.02. The maximum atomic E-state index is 4.48. The highest BCUT2D eigenvalue weighted by Gasteiger charge is 2.39. The summed E-state index contributed by atoms with van der Waals surface area (Å²) in [6.07, 6.45) is 9.39. The van der Waals surface area contributed by atoms with Gasteiger partial charge in [0, 0.05) is 30.9 Å². The van der Waals surface area contributed by atoms with Crippen LogP contribution in [0, 0.1) is 0 Å². The molecule has 5 nitrogen and oxygen atoms in total. The van der Waals surface area contributed by atoms with Gasteiger partial charge in [-0.15, -0.1) is 24.0 Å². The minimum Gasteiger partial charge on any atom is -0.355 e. The average molecular weight is 496 g/mol. The van der Waals surface area contributed by atoms with Gasteiger partial charge in [0.25, 0.3) is 0 Å². The molecule has 0 bridgehead atoms. The Morgan fingerprint density at radius 3 is 2.42 bits per heavy atom.